The lowest BCUT2D eigenvalue weighted by Gasteiger charge is -2.28. The molecule has 32 heteroatoms. The Morgan fingerprint density at radius 3 is 0.813 bits per heavy atom. The SMILES string of the molecule is C[C@H](N)C(=O)N[C@@H](CCCN=C(N)N)C(=O)N[C@@H](CCCN=C(N)N)C(=O)N[C@@H](CCCN=C(N)N)C(=O)N[C@@H](CCCCN)C(=O)N[C@@H](CCCCN)C(=O)N[C@@H](CCCN=C(N)N)C(=O)N[C@H](C(=O)O)[C@@H](C)O. The summed E-state index contributed by atoms with van der Waals surface area (Å²) in [6.45, 7) is 3.22. The Morgan fingerprint density at radius 1 is 0.387 bits per heavy atom. The van der Waals surface area contributed by atoms with Crippen LogP contribution in [0.25, 0.3) is 0 Å². The number of amides is 7. The van der Waals surface area contributed by atoms with E-state index in [2.05, 4.69) is 57.2 Å². The third kappa shape index (κ3) is 31.1. The van der Waals surface area contributed by atoms with Gasteiger partial charge in [0.15, 0.2) is 29.9 Å². The van der Waals surface area contributed by atoms with Crippen LogP contribution in [-0.2, 0) is 38.4 Å². The molecular weight excluding hydrogens is 985 g/mol. The van der Waals surface area contributed by atoms with E-state index in [1.165, 1.54) is 6.92 Å². The number of aliphatic imine (C=N–C) groups is 4. The number of nitrogens with zero attached hydrogens (tertiary/aromatic N) is 4. The first-order valence-electron chi connectivity index (χ1n) is 24.8. The molecule has 31 N–H and O–H groups in total. The highest BCUT2D eigenvalue weighted by Gasteiger charge is 2.35. The Kier molecular flexibility index (Phi) is 34.5. The first kappa shape index (κ1) is 67.7. The van der Waals surface area contributed by atoms with Crippen LogP contribution in [0.3, 0.4) is 0 Å². The van der Waals surface area contributed by atoms with Gasteiger partial charge in [0.25, 0.3) is 0 Å². The molecule has 0 aliphatic rings. The van der Waals surface area contributed by atoms with E-state index in [-0.39, 0.29) is 127 Å². The van der Waals surface area contributed by atoms with Crippen LogP contribution in [0.4, 0.5) is 0 Å². The van der Waals surface area contributed by atoms with Gasteiger partial charge in [-0.15, -0.1) is 0 Å². The largest absolute Gasteiger partial charge is 0.480 e. The highest BCUT2D eigenvalue weighted by atomic mass is 16.4. The number of rotatable bonds is 40. The number of carbonyl (C=O) groups is 8. The van der Waals surface area contributed by atoms with Crippen LogP contribution in [0.1, 0.15) is 104 Å². The molecule has 0 aromatic rings. The second-order valence-electron chi connectivity index (χ2n) is 17.6. The molecule has 0 fully saturated rings. The number of guanidine groups is 4. The molecule has 0 unspecified atom stereocenters. The van der Waals surface area contributed by atoms with E-state index in [1.807, 2.05) is 0 Å². The molecule has 0 aliphatic carbocycles. The van der Waals surface area contributed by atoms with E-state index >= 15 is 0 Å². The maximum absolute atomic E-state index is 14.4. The second kappa shape index (κ2) is 38.3. The van der Waals surface area contributed by atoms with Gasteiger partial charge in [-0.1, -0.05) is 0 Å². The lowest BCUT2D eigenvalue weighted by atomic mass is 10.0. The van der Waals surface area contributed by atoms with Gasteiger partial charge in [-0.25, -0.2) is 4.79 Å². The van der Waals surface area contributed by atoms with Gasteiger partial charge in [0.05, 0.1) is 12.1 Å². The minimum Gasteiger partial charge on any atom is -0.480 e. The predicted molar refractivity (Wildman–Crippen MR) is 282 cm³/mol. The maximum Gasteiger partial charge on any atom is 0.328 e. The number of nitrogens with one attached hydrogen (secondary N) is 7. The topological polar surface area (TPSA) is 597 Å². The zero-order chi connectivity index (χ0) is 57.0. The molecule has 0 radical (unpaired) electrons. The molecule has 0 bridgehead atoms. The summed E-state index contributed by atoms with van der Waals surface area (Å²) in [6, 6.07) is -10.8. The molecular formula is C43H86N22O10. The molecule has 0 rings (SSSR count). The fourth-order valence-electron chi connectivity index (χ4n) is 6.92. The summed E-state index contributed by atoms with van der Waals surface area (Å²) in [5.74, 6) is -8.24. The lowest BCUT2D eigenvalue weighted by Crippen LogP contribution is -2.60. The highest BCUT2D eigenvalue weighted by molar-refractivity contribution is 5.97. The van der Waals surface area contributed by atoms with E-state index in [1.54, 1.807) is 0 Å². The van der Waals surface area contributed by atoms with Crippen molar-refractivity contribution in [3.63, 3.8) is 0 Å². The minimum atomic E-state index is -1.74. The standard InChI is InChI=1S/C43H86N22O10/c1-23(46)32(67)59-27(13-7-19-55-40(47)48)35(70)62-29(15-9-21-57-42(51)52)37(72)63-28(14-8-20-56-41(49)50)36(71)61-25(11-3-5-17-44)33(68)60-26(12-4-6-18-45)34(69)64-30(16-10-22-58-43(53)54)38(73)65-31(24(2)66)39(74)75/h23-31,66H,3-22,44-46H2,1-2H3,(H,59,67)(H,60,68)(H,61,71)(H,62,70)(H,63,72)(H,64,69)(H,65,73)(H,74,75)(H4,47,48,55)(H4,49,50,56)(H4,51,52,57)(H4,53,54,58)/t23-,24+,25-,26-,27-,28-,29-,30-,31-/m0/s1. The molecule has 32 nitrogen and oxygen atoms in total. The summed E-state index contributed by atoms with van der Waals surface area (Å²) in [4.78, 5) is 124. The number of aliphatic hydroxyl groups is 1. The van der Waals surface area contributed by atoms with Gasteiger partial charge >= 0.3 is 5.97 Å². The minimum absolute atomic E-state index is 0.00216. The van der Waals surface area contributed by atoms with Crippen molar-refractivity contribution in [2.24, 2.45) is 83.0 Å². The van der Waals surface area contributed by atoms with Gasteiger partial charge in [0, 0.05) is 26.2 Å². The van der Waals surface area contributed by atoms with Crippen LogP contribution < -0.4 is 100 Å². The fourth-order valence-corrected chi connectivity index (χ4v) is 6.92. The molecule has 0 saturated carbocycles. The third-order valence-corrected chi connectivity index (χ3v) is 10.9. The summed E-state index contributed by atoms with van der Waals surface area (Å²) >= 11 is 0. The Balaban J connectivity index is 7.07. The molecule has 0 aromatic carbocycles. The molecule has 0 aromatic heterocycles. The summed E-state index contributed by atoms with van der Waals surface area (Å²) in [6.07, 6.45) is 0.303. The lowest BCUT2D eigenvalue weighted by molar-refractivity contribution is -0.145. The first-order valence-corrected chi connectivity index (χ1v) is 24.8. The Bertz CT molecular complexity index is 1920. The number of carboxylic acid groups (broad SMARTS) is 1. The highest BCUT2D eigenvalue weighted by Crippen LogP contribution is 2.11. The number of hydrogen-bond donors (Lipinski definition) is 20. The zero-order valence-electron chi connectivity index (χ0n) is 43.1. The number of unbranched alkanes of at least 4 members (excludes halogenated alkanes) is 2. The van der Waals surface area contributed by atoms with Crippen LogP contribution in [0.15, 0.2) is 20.0 Å². The van der Waals surface area contributed by atoms with Crippen LogP contribution in [0.2, 0.25) is 0 Å². The molecule has 0 saturated heterocycles. The summed E-state index contributed by atoms with van der Waals surface area (Å²) in [5.41, 5.74) is 61.0. The molecule has 0 spiro atoms. The average Bonchev–Trinajstić information content (AvgIpc) is 3.32. The number of aliphatic carboxylic acids is 1. The van der Waals surface area contributed by atoms with Crippen molar-refractivity contribution in [1.29, 1.82) is 0 Å². The summed E-state index contributed by atoms with van der Waals surface area (Å²) in [5, 5.41) is 37.6. The van der Waals surface area contributed by atoms with E-state index in [4.69, 9.17) is 63.1 Å². The Morgan fingerprint density at radius 2 is 0.613 bits per heavy atom. The number of carbonyl (C=O) groups excluding carboxylic acids is 7. The number of hydrogen-bond acceptors (Lipinski definition) is 16. The van der Waals surface area contributed by atoms with Gasteiger partial charge < -0.3 is 111 Å². The summed E-state index contributed by atoms with van der Waals surface area (Å²) < 4.78 is 0. The molecule has 75 heavy (non-hydrogen) atoms. The molecule has 9 atom stereocenters. The fraction of sp³-hybridized carbons (Fsp3) is 0.721. The van der Waals surface area contributed by atoms with E-state index in [0.717, 1.165) is 6.92 Å². The van der Waals surface area contributed by atoms with Crippen LogP contribution in [0.5, 0.6) is 0 Å². The van der Waals surface area contributed by atoms with Gasteiger partial charge in [0.1, 0.15) is 36.3 Å². The van der Waals surface area contributed by atoms with Gasteiger partial charge in [-0.2, -0.15) is 0 Å². The third-order valence-electron chi connectivity index (χ3n) is 10.9. The van der Waals surface area contributed by atoms with Crippen molar-refractivity contribution in [2.75, 3.05) is 39.3 Å². The van der Waals surface area contributed by atoms with Crippen molar-refractivity contribution >= 4 is 71.2 Å². The van der Waals surface area contributed by atoms with Gasteiger partial charge in [0.2, 0.25) is 41.4 Å². The van der Waals surface area contributed by atoms with Gasteiger partial charge in [-0.3, -0.25) is 53.5 Å². The number of carboxylic acids is 1. The van der Waals surface area contributed by atoms with Crippen molar-refractivity contribution in [1.82, 2.24) is 37.2 Å². The van der Waals surface area contributed by atoms with Gasteiger partial charge in [-0.05, 0) is 117 Å². The normalized spacial score (nSPS) is 14.4. The van der Waals surface area contributed by atoms with Crippen LogP contribution in [-0.4, -0.2) is 175 Å². The van der Waals surface area contributed by atoms with Crippen molar-refractivity contribution in [2.45, 2.75) is 158 Å². The average molecular weight is 1070 g/mol. The molecule has 0 aliphatic heterocycles. The second-order valence-corrected chi connectivity index (χ2v) is 17.6. The maximum atomic E-state index is 14.4. The Labute approximate surface area is 436 Å². The van der Waals surface area contributed by atoms with Crippen LogP contribution in [0, 0.1) is 0 Å². The van der Waals surface area contributed by atoms with Crippen molar-refractivity contribution in [3.8, 4) is 0 Å². The van der Waals surface area contributed by atoms with Crippen molar-refractivity contribution in [3.05, 3.63) is 0 Å². The number of aliphatic hydroxyl groups excluding tert-OH is 1. The molecule has 428 valence electrons. The first-order chi connectivity index (χ1) is 35.3. The van der Waals surface area contributed by atoms with Crippen LogP contribution >= 0.6 is 0 Å². The monoisotopic (exact) mass is 1070 g/mol. The molecule has 7 amide bonds. The predicted octanol–water partition coefficient (Wildman–Crippen LogP) is -8.33. The smallest absolute Gasteiger partial charge is 0.328 e. The van der Waals surface area contributed by atoms with E-state index in [0.29, 0.717) is 25.7 Å². The van der Waals surface area contributed by atoms with Crippen molar-refractivity contribution < 1.29 is 48.6 Å². The zero-order valence-corrected chi connectivity index (χ0v) is 43.1. The molecule has 0 heterocycles. The summed E-state index contributed by atoms with van der Waals surface area (Å²) in [7, 11) is 0. The Hall–Kier alpha value is -7.32. The van der Waals surface area contributed by atoms with E-state index < -0.39 is 102 Å². The number of nitrogens with two attached hydrogens (primary N) is 11. The quantitative estimate of drug-likeness (QED) is 0.0154. The van der Waals surface area contributed by atoms with E-state index in [9.17, 15) is 48.6 Å².